The van der Waals surface area contributed by atoms with E-state index in [1.54, 1.807) is 0 Å². The number of Topliss-reactive ketones (excluding diaryl/α,β-unsaturated/α-hetero) is 1. The Morgan fingerprint density at radius 2 is 2.08 bits per heavy atom. The standard InChI is InChI=1S/C9H16FNO/c1-11(2)7-4-3-5-8(10)9(12)6-7/h7-8H,3-6H2,1-2H3. The average molecular weight is 173 g/mol. The van der Waals surface area contributed by atoms with Crippen LogP contribution >= 0.6 is 0 Å². The van der Waals surface area contributed by atoms with Crippen LogP contribution < -0.4 is 0 Å². The second-order valence-corrected chi connectivity index (χ2v) is 3.69. The van der Waals surface area contributed by atoms with Gasteiger partial charge in [0.1, 0.15) is 0 Å². The lowest BCUT2D eigenvalue weighted by Gasteiger charge is -2.21. The van der Waals surface area contributed by atoms with Crippen molar-refractivity contribution in [1.82, 2.24) is 4.90 Å². The Kier molecular flexibility index (Phi) is 3.20. The summed E-state index contributed by atoms with van der Waals surface area (Å²) in [5, 5.41) is 0. The number of halogens is 1. The fraction of sp³-hybridized carbons (Fsp3) is 0.889. The molecule has 3 heteroatoms. The maximum absolute atomic E-state index is 12.9. The molecule has 0 spiro atoms. The van der Waals surface area contributed by atoms with Crippen molar-refractivity contribution in [2.45, 2.75) is 37.9 Å². The highest BCUT2D eigenvalue weighted by Gasteiger charge is 2.26. The molecule has 70 valence electrons. The molecule has 2 nitrogen and oxygen atoms in total. The van der Waals surface area contributed by atoms with E-state index in [2.05, 4.69) is 0 Å². The van der Waals surface area contributed by atoms with Crippen LogP contribution in [0.15, 0.2) is 0 Å². The molecule has 0 bridgehead atoms. The molecule has 0 radical (unpaired) electrons. The summed E-state index contributed by atoms with van der Waals surface area (Å²) in [7, 11) is 3.88. The van der Waals surface area contributed by atoms with Crippen molar-refractivity contribution in [3.8, 4) is 0 Å². The predicted molar refractivity (Wildman–Crippen MR) is 45.8 cm³/mol. The molecule has 1 rings (SSSR count). The number of hydrogen-bond acceptors (Lipinski definition) is 2. The Balaban J connectivity index is 2.54. The first kappa shape index (κ1) is 9.65. The fourth-order valence-electron chi connectivity index (χ4n) is 1.60. The van der Waals surface area contributed by atoms with Gasteiger partial charge in [-0.1, -0.05) is 0 Å². The quantitative estimate of drug-likeness (QED) is 0.559. The Bertz CT molecular complexity index is 170. The summed E-state index contributed by atoms with van der Waals surface area (Å²) in [5.41, 5.74) is 0. The van der Waals surface area contributed by atoms with E-state index in [1.807, 2.05) is 19.0 Å². The SMILES string of the molecule is CN(C)C1CCCC(F)C(=O)C1. The van der Waals surface area contributed by atoms with Gasteiger partial charge in [-0.15, -0.1) is 0 Å². The van der Waals surface area contributed by atoms with Crippen molar-refractivity contribution >= 4 is 5.78 Å². The molecule has 1 aliphatic carbocycles. The first-order valence-electron chi connectivity index (χ1n) is 4.44. The van der Waals surface area contributed by atoms with Crippen LogP contribution in [-0.2, 0) is 4.79 Å². The van der Waals surface area contributed by atoms with E-state index in [4.69, 9.17) is 0 Å². The molecule has 0 saturated heterocycles. The van der Waals surface area contributed by atoms with Crippen molar-refractivity contribution in [3.05, 3.63) is 0 Å². The number of ketones is 1. The molecule has 1 aliphatic rings. The molecule has 0 N–H and O–H groups in total. The average Bonchev–Trinajstić information content (AvgIpc) is 2.15. The lowest BCUT2D eigenvalue weighted by Crippen LogP contribution is -2.30. The van der Waals surface area contributed by atoms with Crippen LogP contribution in [0.1, 0.15) is 25.7 Å². The van der Waals surface area contributed by atoms with Gasteiger partial charge in [0.2, 0.25) is 0 Å². The lowest BCUT2D eigenvalue weighted by atomic mass is 10.1. The molecule has 0 aromatic heterocycles. The highest BCUT2D eigenvalue weighted by atomic mass is 19.1. The summed E-state index contributed by atoms with van der Waals surface area (Å²) in [6, 6.07) is 0.248. The van der Waals surface area contributed by atoms with Crippen molar-refractivity contribution in [2.75, 3.05) is 14.1 Å². The summed E-state index contributed by atoms with van der Waals surface area (Å²) in [6.07, 6.45) is 1.38. The Morgan fingerprint density at radius 3 is 2.67 bits per heavy atom. The molecule has 2 unspecified atom stereocenters. The van der Waals surface area contributed by atoms with E-state index in [0.717, 1.165) is 12.8 Å². The smallest absolute Gasteiger partial charge is 0.168 e. The zero-order valence-corrected chi connectivity index (χ0v) is 7.72. The summed E-state index contributed by atoms with van der Waals surface area (Å²) in [4.78, 5) is 13.1. The molecule has 0 amide bonds. The second-order valence-electron chi connectivity index (χ2n) is 3.69. The number of nitrogens with zero attached hydrogens (tertiary/aromatic N) is 1. The number of alkyl halides is 1. The van der Waals surface area contributed by atoms with Crippen LogP contribution in [0, 0.1) is 0 Å². The van der Waals surface area contributed by atoms with Gasteiger partial charge in [-0.2, -0.15) is 0 Å². The van der Waals surface area contributed by atoms with Gasteiger partial charge in [-0.3, -0.25) is 4.79 Å². The normalized spacial score (nSPS) is 32.2. The van der Waals surface area contributed by atoms with Gasteiger partial charge >= 0.3 is 0 Å². The van der Waals surface area contributed by atoms with Crippen molar-refractivity contribution in [2.24, 2.45) is 0 Å². The molecule has 12 heavy (non-hydrogen) atoms. The number of carbonyl (C=O) groups excluding carboxylic acids is 1. The Morgan fingerprint density at radius 1 is 1.42 bits per heavy atom. The fourth-order valence-corrected chi connectivity index (χ4v) is 1.60. The van der Waals surface area contributed by atoms with Crippen LogP contribution in [-0.4, -0.2) is 37.0 Å². The largest absolute Gasteiger partial charge is 0.306 e. The summed E-state index contributed by atoms with van der Waals surface area (Å²) < 4.78 is 12.9. The molecule has 1 saturated carbocycles. The first-order valence-corrected chi connectivity index (χ1v) is 4.44. The van der Waals surface area contributed by atoms with Crippen LogP contribution in [0.3, 0.4) is 0 Å². The van der Waals surface area contributed by atoms with Crippen LogP contribution in [0.4, 0.5) is 4.39 Å². The highest BCUT2D eigenvalue weighted by molar-refractivity contribution is 5.83. The third-order valence-corrected chi connectivity index (χ3v) is 2.51. The molecule has 0 aromatic carbocycles. The van der Waals surface area contributed by atoms with E-state index < -0.39 is 6.17 Å². The maximum atomic E-state index is 12.9. The molecule has 0 aliphatic heterocycles. The molecule has 2 atom stereocenters. The van der Waals surface area contributed by atoms with Gasteiger partial charge in [0.05, 0.1) is 0 Å². The molecule has 0 aromatic rings. The monoisotopic (exact) mass is 173 g/mol. The third kappa shape index (κ3) is 2.27. The number of hydrogen-bond donors (Lipinski definition) is 0. The van der Waals surface area contributed by atoms with E-state index in [-0.39, 0.29) is 11.8 Å². The van der Waals surface area contributed by atoms with Gasteiger partial charge in [0, 0.05) is 12.5 Å². The maximum Gasteiger partial charge on any atom is 0.168 e. The van der Waals surface area contributed by atoms with Crippen LogP contribution in [0.5, 0.6) is 0 Å². The van der Waals surface area contributed by atoms with Gasteiger partial charge in [0.25, 0.3) is 0 Å². The molecular formula is C9H16FNO. The predicted octanol–water partition coefficient (Wildman–Crippen LogP) is 1.40. The lowest BCUT2D eigenvalue weighted by molar-refractivity contribution is -0.124. The number of carbonyl (C=O) groups is 1. The molecule has 1 fully saturated rings. The van der Waals surface area contributed by atoms with E-state index in [1.165, 1.54) is 0 Å². The van der Waals surface area contributed by atoms with Gasteiger partial charge in [-0.25, -0.2) is 4.39 Å². The summed E-state index contributed by atoms with van der Waals surface area (Å²) in [6.45, 7) is 0. The molecular weight excluding hydrogens is 157 g/mol. The van der Waals surface area contributed by atoms with Crippen molar-refractivity contribution < 1.29 is 9.18 Å². The van der Waals surface area contributed by atoms with Gasteiger partial charge in [0.15, 0.2) is 12.0 Å². The molecule has 0 heterocycles. The zero-order valence-electron chi connectivity index (χ0n) is 7.72. The Hall–Kier alpha value is -0.440. The van der Waals surface area contributed by atoms with Gasteiger partial charge < -0.3 is 4.90 Å². The summed E-state index contributed by atoms with van der Waals surface area (Å²) >= 11 is 0. The number of rotatable bonds is 1. The Labute approximate surface area is 72.7 Å². The van der Waals surface area contributed by atoms with Crippen molar-refractivity contribution in [1.29, 1.82) is 0 Å². The minimum absolute atomic E-state index is 0.216. The van der Waals surface area contributed by atoms with Crippen molar-refractivity contribution in [3.63, 3.8) is 0 Å². The van der Waals surface area contributed by atoms with E-state index in [9.17, 15) is 9.18 Å². The minimum atomic E-state index is -1.20. The second kappa shape index (κ2) is 3.99. The highest BCUT2D eigenvalue weighted by Crippen LogP contribution is 2.20. The van der Waals surface area contributed by atoms with E-state index >= 15 is 0 Å². The summed E-state index contributed by atoms with van der Waals surface area (Å²) in [5.74, 6) is -0.216. The zero-order chi connectivity index (χ0) is 9.14. The topological polar surface area (TPSA) is 20.3 Å². The third-order valence-electron chi connectivity index (χ3n) is 2.51. The van der Waals surface area contributed by atoms with E-state index in [0.29, 0.717) is 12.8 Å². The first-order chi connectivity index (χ1) is 5.61. The van der Waals surface area contributed by atoms with Crippen LogP contribution in [0.25, 0.3) is 0 Å². The minimum Gasteiger partial charge on any atom is -0.306 e. The van der Waals surface area contributed by atoms with Gasteiger partial charge in [-0.05, 0) is 33.4 Å². The van der Waals surface area contributed by atoms with Crippen LogP contribution in [0.2, 0.25) is 0 Å².